The van der Waals surface area contributed by atoms with E-state index in [2.05, 4.69) is 15.0 Å². The number of aliphatic hydroxyl groups is 1. The van der Waals surface area contributed by atoms with Gasteiger partial charge in [-0.15, -0.1) is 0 Å². The van der Waals surface area contributed by atoms with Crippen LogP contribution in [-0.4, -0.2) is 31.7 Å². The van der Waals surface area contributed by atoms with Crippen LogP contribution in [0.25, 0.3) is 0 Å². The third kappa shape index (κ3) is 5.36. The van der Waals surface area contributed by atoms with Gasteiger partial charge in [0.15, 0.2) is 11.6 Å². The Morgan fingerprint density at radius 2 is 1.96 bits per heavy atom. The molecule has 2 rings (SSSR count). The van der Waals surface area contributed by atoms with E-state index in [9.17, 15) is 17.2 Å². The van der Waals surface area contributed by atoms with E-state index < -0.39 is 21.7 Å². The van der Waals surface area contributed by atoms with Crippen LogP contribution in [0.5, 0.6) is 0 Å². The molecule has 1 atom stereocenters. The van der Waals surface area contributed by atoms with E-state index in [1.807, 2.05) is 6.92 Å². The maximum absolute atomic E-state index is 13.2. The van der Waals surface area contributed by atoms with Crippen molar-refractivity contribution in [3.05, 3.63) is 48.2 Å². The van der Waals surface area contributed by atoms with Crippen molar-refractivity contribution in [3.63, 3.8) is 0 Å². The van der Waals surface area contributed by atoms with E-state index in [1.165, 1.54) is 18.3 Å². The van der Waals surface area contributed by atoms with Crippen LogP contribution < -0.4 is 10.0 Å². The molecule has 0 radical (unpaired) electrons. The Labute approximate surface area is 145 Å². The lowest BCUT2D eigenvalue weighted by Gasteiger charge is -2.12. The second-order valence-electron chi connectivity index (χ2n) is 5.61. The SMILES string of the molecule is CC(CCO)CNc1ccc(S(=O)(=O)Nc2ccc(F)c(F)c2)cn1. The van der Waals surface area contributed by atoms with Crippen LogP contribution in [0.1, 0.15) is 13.3 Å². The van der Waals surface area contributed by atoms with Gasteiger partial charge < -0.3 is 10.4 Å². The van der Waals surface area contributed by atoms with E-state index >= 15 is 0 Å². The number of aromatic nitrogens is 1. The van der Waals surface area contributed by atoms with Gasteiger partial charge in [-0.3, -0.25) is 4.72 Å². The summed E-state index contributed by atoms with van der Waals surface area (Å²) < 4.78 is 52.7. The molecule has 0 fully saturated rings. The number of nitrogens with one attached hydrogen (secondary N) is 2. The highest BCUT2D eigenvalue weighted by atomic mass is 32.2. The first-order valence-corrected chi connectivity index (χ1v) is 9.09. The van der Waals surface area contributed by atoms with Crippen molar-refractivity contribution >= 4 is 21.5 Å². The standard InChI is InChI=1S/C16H19F2N3O3S/c1-11(6-7-22)9-19-16-5-3-13(10-20-16)25(23,24)21-12-2-4-14(17)15(18)8-12/h2-5,8,10-11,21-22H,6-7,9H2,1H3,(H,19,20). The van der Waals surface area contributed by atoms with Gasteiger partial charge in [0.05, 0.1) is 5.69 Å². The van der Waals surface area contributed by atoms with Gasteiger partial charge in [-0.2, -0.15) is 0 Å². The number of sulfonamides is 1. The lowest BCUT2D eigenvalue weighted by molar-refractivity contribution is 0.266. The normalized spacial score (nSPS) is 12.6. The molecule has 0 saturated carbocycles. The van der Waals surface area contributed by atoms with Crippen LogP contribution >= 0.6 is 0 Å². The fourth-order valence-electron chi connectivity index (χ4n) is 2.02. The van der Waals surface area contributed by atoms with E-state index in [1.54, 1.807) is 0 Å². The summed E-state index contributed by atoms with van der Waals surface area (Å²) in [5.74, 6) is -1.47. The summed E-state index contributed by atoms with van der Waals surface area (Å²) in [4.78, 5) is 3.92. The Balaban J connectivity index is 2.05. The lowest BCUT2D eigenvalue weighted by Crippen LogP contribution is -2.15. The van der Waals surface area contributed by atoms with Crippen LogP contribution in [0, 0.1) is 17.6 Å². The first-order valence-electron chi connectivity index (χ1n) is 7.60. The highest BCUT2D eigenvalue weighted by Crippen LogP contribution is 2.19. The van der Waals surface area contributed by atoms with Crippen LogP contribution in [0.3, 0.4) is 0 Å². The first-order chi connectivity index (χ1) is 11.8. The Hall–Kier alpha value is -2.26. The molecule has 1 aromatic heterocycles. The van der Waals surface area contributed by atoms with Gasteiger partial charge in [0, 0.05) is 25.4 Å². The molecule has 3 N–H and O–H groups in total. The first kappa shape index (κ1) is 19.1. The minimum Gasteiger partial charge on any atom is -0.396 e. The molecule has 1 aromatic carbocycles. The molecule has 25 heavy (non-hydrogen) atoms. The number of nitrogens with zero attached hydrogens (tertiary/aromatic N) is 1. The summed E-state index contributed by atoms with van der Waals surface area (Å²) in [7, 11) is -3.96. The zero-order valence-corrected chi connectivity index (χ0v) is 14.4. The topological polar surface area (TPSA) is 91.3 Å². The summed E-state index contributed by atoms with van der Waals surface area (Å²) in [5, 5.41) is 11.9. The van der Waals surface area contributed by atoms with Gasteiger partial charge in [0.2, 0.25) is 0 Å². The molecule has 0 saturated heterocycles. The highest BCUT2D eigenvalue weighted by molar-refractivity contribution is 7.92. The van der Waals surface area contributed by atoms with Gasteiger partial charge in [-0.05, 0) is 36.6 Å². The number of aliphatic hydroxyl groups excluding tert-OH is 1. The number of rotatable bonds is 8. The molecule has 1 heterocycles. The molecule has 2 aromatic rings. The van der Waals surface area contributed by atoms with Crippen molar-refractivity contribution in [2.75, 3.05) is 23.2 Å². The Bertz CT molecular complexity index is 814. The van der Waals surface area contributed by atoms with Gasteiger partial charge in [0.25, 0.3) is 10.0 Å². The molecular formula is C16H19F2N3O3S. The second-order valence-corrected chi connectivity index (χ2v) is 7.29. The summed E-state index contributed by atoms with van der Waals surface area (Å²) in [5.41, 5.74) is -0.0843. The molecule has 136 valence electrons. The lowest BCUT2D eigenvalue weighted by atomic mass is 10.1. The highest BCUT2D eigenvalue weighted by Gasteiger charge is 2.16. The number of hydrogen-bond donors (Lipinski definition) is 3. The molecule has 0 aliphatic heterocycles. The number of anilines is 2. The van der Waals surface area contributed by atoms with Crippen molar-refractivity contribution in [2.24, 2.45) is 5.92 Å². The Kier molecular flexibility index (Phi) is 6.27. The molecule has 0 amide bonds. The zero-order valence-electron chi connectivity index (χ0n) is 13.5. The molecule has 1 unspecified atom stereocenters. The minimum atomic E-state index is -3.96. The Morgan fingerprint density at radius 1 is 1.20 bits per heavy atom. The summed E-state index contributed by atoms with van der Waals surface area (Å²) in [6, 6.07) is 5.59. The number of pyridine rings is 1. The van der Waals surface area contributed by atoms with Gasteiger partial charge in [-0.1, -0.05) is 6.92 Å². The van der Waals surface area contributed by atoms with Crippen molar-refractivity contribution in [3.8, 4) is 0 Å². The monoisotopic (exact) mass is 371 g/mol. The van der Waals surface area contributed by atoms with Gasteiger partial charge >= 0.3 is 0 Å². The van der Waals surface area contributed by atoms with E-state index in [4.69, 9.17) is 5.11 Å². The molecule has 9 heteroatoms. The number of hydrogen-bond acceptors (Lipinski definition) is 5. The van der Waals surface area contributed by atoms with Crippen molar-refractivity contribution in [2.45, 2.75) is 18.2 Å². The average molecular weight is 371 g/mol. The largest absolute Gasteiger partial charge is 0.396 e. The third-order valence-corrected chi connectivity index (χ3v) is 4.84. The van der Waals surface area contributed by atoms with Crippen molar-refractivity contribution in [1.82, 2.24) is 4.98 Å². The molecule has 6 nitrogen and oxygen atoms in total. The van der Waals surface area contributed by atoms with Crippen molar-refractivity contribution < 1.29 is 22.3 Å². The van der Waals surface area contributed by atoms with Crippen molar-refractivity contribution in [1.29, 1.82) is 0 Å². The molecule has 0 bridgehead atoms. The minimum absolute atomic E-state index is 0.0843. The van der Waals surface area contributed by atoms with Crippen LogP contribution in [0.15, 0.2) is 41.4 Å². The predicted octanol–water partition coefficient (Wildman–Crippen LogP) is 2.59. The van der Waals surface area contributed by atoms with E-state index in [0.29, 0.717) is 18.8 Å². The third-order valence-electron chi connectivity index (χ3n) is 3.47. The maximum atomic E-state index is 13.2. The quantitative estimate of drug-likeness (QED) is 0.663. The molecule has 0 aliphatic rings. The summed E-state index contributed by atoms with van der Waals surface area (Å²) in [6.45, 7) is 2.66. The van der Waals surface area contributed by atoms with E-state index in [0.717, 1.165) is 18.2 Å². The maximum Gasteiger partial charge on any atom is 0.263 e. The average Bonchev–Trinajstić information content (AvgIpc) is 2.57. The summed E-state index contributed by atoms with van der Waals surface area (Å²) in [6.07, 6.45) is 1.82. The predicted molar refractivity (Wildman–Crippen MR) is 90.8 cm³/mol. The molecular weight excluding hydrogens is 352 g/mol. The van der Waals surface area contributed by atoms with Gasteiger partial charge in [0.1, 0.15) is 10.7 Å². The fraction of sp³-hybridized carbons (Fsp3) is 0.312. The molecule has 0 spiro atoms. The number of halogens is 2. The van der Waals surface area contributed by atoms with Crippen LogP contribution in [0.2, 0.25) is 0 Å². The fourth-order valence-corrected chi connectivity index (χ4v) is 3.01. The smallest absolute Gasteiger partial charge is 0.263 e. The number of benzene rings is 1. The van der Waals surface area contributed by atoms with E-state index in [-0.39, 0.29) is 23.1 Å². The van der Waals surface area contributed by atoms with Crippen LogP contribution in [0.4, 0.5) is 20.3 Å². The second kappa shape index (κ2) is 8.21. The Morgan fingerprint density at radius 3 is 2.56 bits per heavy atom. The van der Waals surface area contributed by atoms with Gasteiger partial charge in [-0.25, -0.2) is 22.2 Å². The molecule has 0 aliphatic carbocycles. The summed E-state index contributed by atoms with van der Waals surface area (Å²) >= 11 is 0. The zero-order chi connectivity index (χ0) is 18.4. The van der Waals surface area contributed by atoms with Crippen LogP contribution in [-0.2, 0) is 10.0 Å².